The number of carbonyl (C=O) groups excluding carboxylic acids is 1. The van der Waals surface area contributed by atoms with Crippen LogP contribution in [0.5, 0.6) is 5.88 Å². The van der Waals surface area contributed by atoms with Crippen LogP contribution in [0.1, 0.15) is 68.6 Å². The number of ketones is 1. The molecular formula is C23H32N2O6S2. The van der Waals surface area contributed by atoms with E-state index in [2.05, 4.69) is 5.10 Å². The maximum atomic E-state index is 13.6. The number of carbonyl (C=O) groups is 1. The number of nitrogens with zero attached hydrogens (tertiary/aromatic N) is 2. The van der Waals surface area contributed by atoms with Gasteiger partial charge >= 0.3 is 10.1 Å². The highest BCUT2D eigenvalue weighted by Crippen LogP contribution is 2.33. The van der Waals surface area contributed by atoms with E-state index in [9.17, 15) is 21.6 Å². The van der Waals surface area contributed by atoms with Crippen molar-refractivity contribution in [3.05, 3.63) is 46.2 Å². The molecule has 0 amide bonds. The predicted octanol–water partition coefficient (Wildman–Crippen LogP) is 4.02. The molecule has 33 heavy (non-hydrogen) atoms. The number of sulfone groups is 1. The number of hydrogen-bond acceptors (Lipinski definition) is 7. The molecule has 0 saturated heterocycles. The lowest BCUT2D eigenvalue weighted by atomic mass is 9.91. The van der Waals surface area contributed by atoms with Gasteiger partial charge in [0.1, 0.15) is 5.56 Å². The molecule has 0 fully saturated rings. The molecule has 0 aliphatic carbocycles. The van der Waals surface area contributed by atoms with Crippen LogP contribution in [0.3, 0.4) is 0 Å². The second-order valence-corrected chi connectivity index (χ2v) is 12.6. The first kappa shape index (κ1) is 26.8. The fraction of sp³-hybridized carbons (Fsp3) is 0.478. The minimum Gasteiger partial charge on any atom is -0.361 e. The Morgan fingerprint density at radius 3 is 2.18 bits per heavy atom. The quantitative estimate of drug-likeness (QED) is 0.380. The van der Waals surface area contributed by atoms with Crippen molar-refractivity contribution < 1.29 is 25.8 Å². The Hall–Kier alpha value is -2.46. The molecule has 0 aliphatic heterocycles. The van der Waals surface area contributed by atoms with E-state index >= 15 is 0 Å². The van der Waals surface area contributed by atoms with Gasteiger partial charge in [-0.15, -0.1) is 0 Å². The van der Waals surface area contributed by atoms with Crippen molar-refractivity contribution in [1.82, 2.24) is 9.78 Å². The van der Waals surface area contributed by atoms with Crippen molar-refractivity contribution in [2.75, 3.05) is 12.0 Å². The van der Waals surface area contributed by atoms with Crippen LogP contribution in [0.2, 0.25) is 0 Å². The zero-order chi connectivity index (χ0) is 25.3. The summed E-state index contributed by atoms with van der Waals surface area (Å²) in [4.78, 5) is 13.7. The molecular weight excluding hydrogens is 464 g/mol. The summed E-state index contributed by atoms with van der Waals surface area (Å²) in [5.74, 6) is -0.768. The zero-order valence-corrected chi connectivity index (χ0v) is 22.0. The van der Waals surface area contributed by atoms with E-state index in [1.807, 2.05) is 34.6 Å². The summed E-state index contributed by atoms with van der Waals surface area (Å²) in [5.41, 5.74) is 2.88. The van der Waals surface area contributed by atoms with E-state index in [4.69, 9.17) is 4.18 Å². The third-order valence-corrected chi connectivity index (χ3v) is 7.59. The Kier molecular flexibility index (Phi) is 7.96. The Morgan fingerprint density at radius 2 is 1.70 bits per heavy atom. The summed E-state index contributed by atoms with van der Waals surface area (Å²) in [6.07, 6.45) is 2.42. The van der Waals surface area contributed by atoms with Gasteiger partial charge in [0.05, 0.1) is 16.8 Å². The average molecular weight is 497 g/mol. The van der Waals surface area contributed by atoms with Crippen molar-refractivity contribution in [3.8, 4) is 5.88 Å². The Morgan fingerprint density at radius 1 is 1.09 bits per heavy atom. The smallest absolute Gasteiger partial charge is 0.310 e. The van der Waals surface area contributed by atoms with Crippen LogP contribution in [-0.4, -0.2) is 44.4 Å². The third kappa shape index (κ3) is 5.92. The van der Waals surface area contributed by atoms with Gasteiger partial charge in [-0.2, -0.15) is 13.5 Å². The Labute approximate surface area is 196 Å². The number of aromatic nitrogens is 2. The molecule has 1 heterocycles. The fourth-order valence-corrected chi connectivity index (χ4v) is 4.90. The Bertz CT molecular complexity index is 1310. The molecule has 0 unspecified atom stereocenters. The standard InChI is InChI=1S/C23H32N2O6S2/c1-9-33(29,30)31-23-19(12-24-25(23)13-14(2)3)22(26)18-10-11-20(32(8,27)28)21(17(18)7)16(6)15(4)5/h10-12,14H,9,13H2,1-8H3. The number of allylic oxidation sites excluding steroid dienone is 2. The van der Waals surface area contributed by atoms with Crippen molar-refractivity contribution in [3.63, 3.8) is 0 Å². The average Bonchev–Trinajstić information content (AvgIpc) is 3.06. The first-order valence-electron chi connectivity index (χ1n) is 10.6. The molecule has 0 bridgehead atoms. The highest BCUT2D eigenvalue weighted by Gasteiger charge is 2.28. The highest BCUT2D eigenvalue weighted by molar-refractivity contribution is 7.90. The molecule has 2 rings (SSSR count). The van der Waals surface area contributed by atoms with Crippen molar-refractivity contribution in [1.29, 1.82) is 0 Å². The van der Waals surface area contributed by atoms with E-state index < -0.39 is 25.7 Å². The molecule has 0 radical (unpaired) electrons. The van der Waals surface area contributed by atoms with Crippen LogP contribution in [0.25, 0.3) is 5.57 Å². The fourth-order valence-electron chi connectivity index (χ4n) is 3.38. The topological polar surface area (TPSA) is 112 Å². The minimum atomic E-state index is -3.91. The molecule has 0 atom stereocenters. The van der Waals surface area contributed by atoms with Gasteiger partial charge in [0, 0.05) is 18.4 Å². The van der Waals surface area contributed by atoms with Crippen LogP contribution in [0.4, 0.5) is 0 Å². The number of benzene rings is 1. The molecule has 0 N–H and O–H groups in total. The van der Waals surface area contributed by atoms with E-state index in [0.717, 1.165) is 17.4 Å². The van der Waals surface area contributed by atoms with Crippen LogP contribution in [-0.2, 0) is 26.5 Å². The molecule has 10 heteroatoms. The van der Waals surface area contributed by atoms with Crippen LogP contribution in [0, 0.1) is 12.8 Å². The van der Waals surface area contributed by atoms with E-state index in [1.54, 1.807) is 6.92 Å². The van der Waals surface area contributed by atoms with E-state index in [1.165, 1.54) is 29.9 Å². The lowest BCUT2D eigenvalue weighted by Gasteiger charge is -2.17. The van der Waals surface area contributed by atoms with Crippen molar-refractivity contribution in [2.24, 2.45) is 5.92 Å². The van der Waals surface area contributed by atoms with Gasteiger partial charge in [0.25, 0.3) is 0 Å². The van der Waals surface area contributed by atoms with Crippen LogP contribution < -0.4 is 4.18 Å². The van der Waals surface area contributed by atoms with Gasteiger partial charge in [-0.1, -0.05) is 19.4 Å². The summed E-state index contributed by atoms with van der Waals surface area (Å²) >= 11 is 0. The first-order chi connectivity index (χ1) is 15.1. The number of rotatable bonds is 9. The highest BCUT2D eigenvalue weighted by atomic mass is 32.2. The normalized spacial score (nSPS) is 12.2. The molecule has 8 nitrogen and oxygen atoms in total. The first-order valence-corrected chi connectivity index (χ1v) is 14.1. The van der Waals surface area contributed by atoms with Crippen molar-refractivity contribution in [2.45, 2.75) is 59.9 Å². The van der Waals surface area contributed by atoms with Gasteiger partial charge < -0.3 is 4.18 Å². The SMILES string of the molecule is CCS(=O)(=O)Oc1c(C(=O)c2ccc(S(C)(=O)=O)c(C(C)=C(C)C)c2C)cnn1CC(C)C. The summed E-state index contributed by atoms with van der Waals surface area (Å²) in [6, 6.07) is 2.87. The molecule has 2 aromatic rings. The summed E-state index contributed by atoms with van der Waals surface area (Å²) < 4.78 is 55.9. The van der Waals surface area contributed by atoms with Crippen LogP contribution >= 0.6 is 0 Å². The summed E-state index contributed by atoms with van der Waals surface area (Å²) in [7, 11) is -7.46. The second kappa shape index (κ2) is 9.80. The maximum Gasteiger partial charge on any atom is 0.310 e. The van der Waals surface area contributed by atoms with E-state index in [0.29, 0.717) is 17.7 Å². The maximum absolute atomic E-state index is 13.6. The molecule has 0 aliphatic rings. The number of hydrogen-bond donors (Lipinski definition) is 0. The van der Waals surface area contributed by atoms with Crippen LogP contribution in [0.15, 0.2) is 28.8 Å². The van der Waals surface area contributed by atoms with Gasteiger partial charge in [0.15, 0.2) is 15.6 Å². The summed E-state index contributed by atoms with van der Waals surface area (Å²) in [5, 5.41) is 4.19. The van der Waals surface area contributed by atoms with Gasteiger partial charge in [-0.3, -0.25) is 4.79 Å². The molecule has 0 saturated carbocycles. The van der Waals surface area contributed by atoms with Gasteiger partial charge in [-0.05, 0) is 69.4 Å². The van der Waals surface area contributed by atoms with E-state index in [-0.39, 0.29) is 33.6 Å². The lowest BCUT2D eigenvalue weighted by molar-refractivity contribution is 0.103. The molecule has 0 spiro atoms. The molecule has 182 valence electrons. The molecule has 1 aromatic carbocycles. The van der Waals surface area contributed by atoms with Crippen molar-refractivity contribution >= 4 is 31.3 Å². The monoisotopic (exact) mass is 496 g/mol. The predicted molar refractivity (Wildman–Crippen MR) is 129 cm³/mol. The van der Waals surface area contributed by atoms with Gasteiger partial charge in [-0.25, -0.2) is 13.1 Å². The minimum absolute atomic E-state index is 0.00341. The lowest BCUT2D eigenvalue weighted by Crippen LogP contribution is -2.18. The third-order valence-electron chi connectivity index (χ3n) is 5.33. The Balaban J connectivity index is 2.78. The zero-order valence-electron chi connectivity index (χ0n) is 20.4. The second-order valence-electron chi connectivity index (χ2n) is 8.71. The largest absolute Gasteiger partial charge is 0.361 e. The molecule has 1 aromatic heterocycles. The summed E-state index contributed by atoms with van der Waals surface area (Å²) in [6.45, 7) is 12.9. The van der Waals surface area contributed by atoms with Gasteiger partial charge in [0.2, 0.25) is 5.88 Å².